The van der Waals surface area contributed by atoms with Gasteiger partial charge in [-0.2, -0.15) is 14.9 Å². The standard InChI is InChI=1S/C18H15ClN4S/c1-13(11-14-5-3-2-4-6-14)12-20-23-17(21-22-18(23)24)15-7-9-16(19)10-8-15/h2-12H,1H3,(H,22,24). The van der Waals surface area contributed by atoms with Crippen molar-refractivity contribution in [2.24, 2.45) is 5.10 Å². The van der Waals surface area contributed by atoms with Crippen molar-refractivity contribution in [1.29, 1.82) is 0 Å². The Morgan fingerprint density at radius 1 is 1.17 bits per heavy atom. The zero-order valence-corrected chi connectivity index (χ0v) is 14.6. The van der Waals surface area contributed by atoms with Gasteiger partial charge in [0.2, 0.25) is 4.77 Å². The number of aromatic amines is 1. The van der Waals surface area contributed by atoms with Crippen LogP contribution in [0, 0.1) is 4.77 Å². The van der Waals surface area contributed by atoms with Gasteiger partial charge in [-0.1, -0.05) is 48.0 Å². The highest BCUT2D eigenvalue weighted by molar-refractivity contribution is 7.71. The zero-order valence-electron chi connectivity index (χ0n) is 13.0. The summed E-state index contributed by atoms with van der Waals surface area (Å²) in [5.41, 5.74) is 3.01. The molecular formula is C18H15ClN4S. The second kappa shape index (κ2) is 7.38. The average molecular weight is 355 g/mol. The Labute approximate surface area is 150 Å². The molecule has 0 unspecified atom stereocenters. The topological polar surface area (TPSA) is 46.0 Å². The summed E-state index contributed by atoms with van der Waals surface area (Å²) in [6, 6.07) is 17.5. The summed E-state index contributed by atoms with van der Waals surface area (Å²) < 4.78 is 2.03. The Morgan fingerprint density at radius 2 is 1.88 bits per heavy atom. The molecule has 0 aliphatic rings. The molecule has 6 heteroatoms. The van der Waals surface area contributed by atoms with Crippen molar-refractivity contribution < 1.29 is 0 Å². The number of benzene rings is 2. The van der Waals surface area contributed by atoms with Crippen molar-refractivity contribution in [3.8, 4) is 11.4 Å². The Hall–Kier alpha value is -2.50. The minimum atomic E-state index is 0.434. The average Bonchev–Trinajstić information content (AvgIpc) is 2.95. The van der Waals surface area contributed by atoms with E-state index >= 15 is 0 Å². The van der Waals surface area contributed by atoms with Crippen molar-refractivity contribution in [1.82, 2.24) is 14.9 Å². The fourth-order valence-electron chi connectivity index (χ4n) is 2.18. The van der Waals surface area contributed by atoms with E-state index in [4.69, 9.17) is 23.8 Å². The van der Waals surface area contributed by atoms with Crippen LogP contribution in [-0.4, -0.2) is 21.1 Å². The first kappa shape index (κ1) is 16.4. The zero-order chi connectivity index (χ0) is 16.9. The second-order valence-electron chi connectivity index (χ2n) is 5.21. The molecule has 2 aromatic carbocycles. The van der Waals surface area contributed by atoms with Gasteiger partial charge in [0.15, 0.2) is 5.82 Å². The molecule has 0 saturated carbocycles. The summed E-state index contributed by atoms with van der Waals surface area (Å²) in [5.74, 6) is 0.639. The number of halogens is 1. The van der Waals surface area contributed by atoms with Crippen LogP contribution >= 0.6 is 23.8 Å². The maximum absolute atomic E-state index is 5.93. The Bertz CT molecular complexity index is 937. The number of H-pyrrole nitrogens is 1. The molecule has 3 rings (SSSR count). The lowest BCUT2D eigenvalue weighted by Crippen LogP contribution is -1.94. The quantitative estimate of drug-likeness (QED) is 0.517. The normalized spacial score (nSPS) is 12.0. The van der Waals surface area contributed by atoms with Crippen LogP contribution < -0.4 is 0 Å². The van der Waals surface area contributed by atoms with Crippen LogP contribution in [0.1, 0.15) is 12.5 Å². The van der Waals surface area contributed by atoms with Crippen molar-refractivity contribution in [2.45, 2.75) is 6.92 Å². The van der Waals surface area contributed by atoms with Crippen LogP contribution in [0.25, 0.3) is 17.5 Å². The first-order valence-corrected chi connectivity index (χ1v) is 8.13. The highest BCUT2D eigenvalue weighted by Gasteiger charge is 2.07. The summed E-state index contributed by atoms with van der Waals surface area (Å²) in [6.45, 7) is 1.99. The molecule has 0 radical (unpaired) electrons. The minimum absolute atomic E-state index is 0.434. The Balaban J connectivity index is 1.90. The van der Waals surface area contributed by atoms with E-state index in [1.807, 2.05) is 61.5 Å². The molecule has 0 fully saturated rings. The summed E-state index contributed by atoms with van der Waals surface area (Å²) in [6.07, 6.45) is 3.81. The number of nitrogens with zero attached hydrogens (tertiary/aromatic N) is 3. The van der Waals surface area contributed by atoms with Gasteiger partial charge >= 0.3 is 0 Å². The molecule has 0 aliphatic carbocycles. The molecule has 3 aromatic rings. The van der Waals surface area contributed by atoms with Crippen LogP contribution in [0.3, 0.4) is 0 Å². The molecule has 1 heterocycles. The predicted octanol–water partition coefficient (Wildman–Crippen LogP) is 5.20. The Kier molecular flexibility index (Phi) is 5.03. The fraction of sp³-hybridized carbons (Fsp3) is 0.0556. The molecule has 120 valence electrons. The van der Waals surface area contributed by atoms with Gasteiger partial charge in [0.25, 0.3) is 0 Å². The number of nitrogens with one attached hydrogen (secondary N) is 1. The molecule has 0 atom stereocenters. The number of hydrogen-bond donors (Lipinski definition) is 1. The van der Waals surface area contributed by atoms with Gasteiger partial charge in [0.05, 0.1) is 6.21 Å². The van der Waals surface area contributed by atoms with Crippen LogP contribution in [0.2, 0.25) is 5.02 Å². The summed E-state index contributed by atoms with van der Waals surface area (Å²) >= 11 is 11.2. The van der Waals surface area contributed by atoms with E-state index in [1.165, 1.54) is 0 Å². The first-order chi connectivity index (χ1) is 11.6. The molecule has 0 amide bonds. The summed E-state index contributed by atoms with van der Waals surface area (Å²) in [7, 11) is 0. The third-order valence-corrected chi connectivity index (χ3v) is 3.84. The molecule has 1 aromatic heterocycles. The number of rotatable bonds is 4. The Morgan fingerprint density at radius 3 is 2.58 bits per heavy atom. The van der Waals surface area contributed by atoms with Crippen molar-refractivity contribution >= 4 is 36.1 Å². The van der Waals surface area contributed by atoms with E-state index < -0.39 is 0 Å². The van der Waals surface area contributed by atoms with Crippen LogP contribution in [0.15, 0.2) is 65.3 Å². The first-order valence-electron chi connectivity index (χ1n) is 7.34. The lowest BCUT2D eigenvalue weighted by atomic mass is 10.1. The maximum Gasteiger partial charge on any atom is 0.216 e. The van der Waals surface area contributed by atoms with Gasteiger partial charge in [-0.05, 0) is 54.5 Å². The third-order valence-electron chi connectivity index (χ3n) is 3.32. The SMILES string of the molecule is CC(C=Nn1c(-c2ccc(Cl)cc2)n[nH]c1=S)=Cc1ccccc1. The second-order valence-corrected chi connectivity index (χ2v) is 6.04. The van der Waals surface area contributed by atoms with Crippen molar-refractivity contribution in [3.63, 3.8) is 0 Å². The van der Waals surface area contributed by atoms with Crippen LogP contribution in [0.4, 0.5) is 0 Å². The van der Waals surface area contributed by atoms with E-state index in [1.54, 1.807) is 10.9 Å². The van der Waals surface area contributed by atoms with Gasteiger partial charge < -0.3 is 0 Å². The molecule has 0 bridgehead atoms. The van der Waals surface area contributed by atoms with E-state index in [9.17, 15) is 0 Å². The molecule has 0 spiro atoms. The number of aromatic nitrogens is 3. The molecular weight excluding hydrogens is 340 g/mol. The van der Waals surface area contributed by atoms with Gasteiger partial charge in [-0.15, -0.1) is 0 Å². The van der Waals surface area contributed by atoms with Crippen molar-refractivity contribution in [2.75, 3.05) is 0 Å². The fourth-order valence-corrected chi connectivity index (χ4v) is 2.49. The van der Waals surface area contributed by atoms with Crippen LogP contribution in [-0.2, 0) is 0 Å². The van der Waals surface area contributed by atoms with E-state index in [0.29, 0.717) is 15.6 Å². The monoisotopic (exact) mass is 354 g/mol. The van der Waals surface area contributed by atoms with E-state index in [2.05, 4.69) is 21.4 Å². The third kappa shape index (κ3) is 3.88. The van der Waals surface area contributed by atoms with Gasteiger partial charge in [0, 0.05) is 10.6 Å². The van der Waals surface area contributed by atoms with Crippen molar-refractivity contribution in [3.05, 3.63) is 75.5 Å². The lowest BCUT2D eigenvalue weighted by molar-refractivity contribution is 0.871. The largest absolute Gasteiger partial charge is 0.250 e. The van der Waals surface area contributed by atoms with Gasteiger partial charge in [-0.3, -0.25) is 0 Å². The molecule has 1 N–H and O–H groups in total. The molecule has 4 nitrogen and oxygen atoms in total. The molecule has 0 aliphatic heterocycles. The number of hydrogen-bond acceptors (Lipinski definition) is 3. The van der Waals surface area contributed by atoms with Gasteiger partial charge in [-0.25, -0.2) is 5.10 Å². The lowest BCUT2D eigenvalue weighted by Gasteiger charge is -2.01. The maximum atomic E-state index is 5.93. The summed E-state index contributed by atoms with van der Waals surface area (Å²) in [4.78, 5) is 0. The van der Waals surface area contributed by atoms with E-state index in [0.717, 1.165) is 16.7 Å². The molecule has 0 saturated heterocycles. The number of allylic oxidation sites excluding steroid dienone is 1. The predicted molar refractivity (Wildman–Crippen MR) is 102 cm³/mol. The molecule has 24 heavy (non-hydrogen) atoms. The highest BCUT2D eigenvalue weighted by Crippen LogP contribution is 2.19. The highest BCUT2D eigenvalue weighted by atomic mass is 35.5. The van der Waals surface area contributed by atoms with E-state index in [-0.39, 0.29) is 0 Å². The van der Waals surface area contributed by atoms with Gasteiger partial charge in [0.1, 0.15) is 0 Å². The van der Waals surface area contributed by atoms with Crippen LogP contribution in [0.5, 0.6) is 0 Å². The minimum Gasteiger partial charge on any atom is -0.250 e. The summed E-state index contributed by atoms with van der Waals surface area (Å²) in [5, 5.41) is 12.1. The smallest absolute Gasteiger partial charge is 0.216 e.